The highest BCUT2D eigenvalue weighted by atomic mass is 16.6. The van der Waals surface area contributed by atoms with Crippen LogP contribution in [0.15, 0.2) is 0 Å². The van der Waals surface area contributed by atoms with Gasteiger partial charge in [-0.25, -0.2) is 4.79 Å². The highest BCUT2D eigenvalue weighted by Gasteiger charge is 2.38. The summed E-state index contributed by atoms with van der Waals surface area (Å²) in [6, 6.07) is 0.696. The fourth-order valence-corrected chi connectivity index (χ4v) is 2.41. The van der Waals surface area contributed by atoms with E-state index in [2.05, 4.69) is 4.90 Å². The van der Waals surface area contributed by atoms with Gasteiger partial charge in [-0.15, -0.1) is 0 Å². The average molecular weight is 256 g/mol. The molecule has 0 radical (unpaired) electrons. The minimum absolute atomic E-state index is 0.0683. The van der Waals surface area contributed by atoms with Crippen LogP contribution in [0.1, 0.15) is 33.6 Å². The largest absolute Gasteiger partial charge is 0.444 e. The molecule has 1 saturated carbocycles. The summed E-state index contributed by atoms with van der Waals surface area (Å²) in [7, 11) is 0. The third-order valence-electron chi connectivity index (χ3n) is 3.41. The van der Waals surface area contributed by atoms with E-state index < -0.39 is 5.60 Å². The Morgan fingerprint density at radius 1 is 1.33 bits per heavy atom. The maximum absolute atomic E-state index is 12.0. The number of hydrogen-bond acceptors (Lipinski definition) is 4. The number of nitrogens with zero attached hydrogens (tertiary/aromatic N) is 2. The van der Waals surface area contributed by atoms with E-state index in [1.807, 2.05) is 20.8 Å². The molecule has 0 aromatic carbocycles. The van der Waals surface area contributed by atoms with E-state index in [0.29, 0.717) is 19.1 Å². The zero-order valence-corrected chi connectivity index (χ0v) is 11.6. The minimum atomic E-state index is -0.459. The number of aliphatic hydroxyl groups is 1. The standard InChI is InChI=1S/C13H24N2O3/c1-13(2,3)18-12(17)14-6-7-15(10-4-5-10)11(8-14)9-16/h10-11,16H,4-9H2,1-3H3. The van der Waals surface area contributed by atoms with Gasteiger partial charge in [-0.1, -0.05) is 0 Å². The van der Waals surface area contributed by atoms with Crippen LogP contribution in [0.4, 0.5) is 4.79 Å². The van der Waals surface area contributed by atoms with Crippen molar-refractivity contribution in [3.63, 3.8) is 0 Å². The summed E-state index contributed by atoms with van der Waals surface area (Å²) in [5, 5.41) is 9.45. The molecule has 1 heterocycles. The zero-order chi connectivity index (χ0) is 13.3. The molecule has 1 N–H and O–H groups in total. The van der Waals surface area contributed by atoms with Gasteiger partial charge in [0.15, 0.2) is 0 Å². The molecule has 1 aliphatic carbocycles. The normalized spacial score (nSPS) is 26.2. The third kappa shape index (κ3) is 3.36. The lowest BCUT2D eigenvalue weighted by molar-refractivity contribution is -0.00624. The summed E-state index contributed by atoms with van der Waals surface area (Å²) in [6.45, 7) is 7.83. The number of aliphatic hydroxyl groups excluding tert-OH is 1. The Balaban J connectivity index is 1.90. The van der Waals surface area contributed by atoms with Crippen molar-refractivity contribution in [1.82, 2.24) is 9.80 Å². The first-order valence-corrected chi connectivity index (χ1v) is 6.75. The van der Waals surface area contributed by atoms with Crippen LogP contribution >= 0.6 is 0 Å². The lowest BCUT2D eigenvalue weighted by Crippen LogP contribution is -2.57. The molecular formula is C13H24N2O3. The van der Waals surface area contributed by atoms with E-state index in [9.17, 15) is 9.90 Å². The molecule has 0 aromatic rings. The summed E-state index contributed by atoms with van der Waals surface area (Å²) in [5.41, 5.74) is -0.459. The first kappa shape index (κ1) is 13.6. The van der Waals surface area contributed by atoms with Gasteiger partial charge in [0.1, 0.15) is 5.60 Å². The maximum Gasteiger partial charge on any atom is 0.410 e. The van der Waals surface area contributed by atoms with Crippen LogP contribution in [0.25, 0.3) is 0 Å². The van der Waals surface area contributed by atoms with E-state index >= 15 is 0 Å². The van der Waals surface area contributed by atoms with Crippen LogP contribution in [0, 0.1) is 0 Å². The summed E-state index contributed by atoms with van der Waals surface area (Å²) in [4.78, 5) is 16.0. The first-order chi connectivity index (χ1) is 8.40. The monoisotopic (exact) mass is 256 g/mol. The molecule has 18 heavy (non-hydrogen) atoms. The number of carbonyl (C=O) groups excluding carboxylic acids is 1. The number of amides is 1. The molecule has 1 amide bonds. The van der Waals surface area contributed by atoms with Crippen molar-refractivity contribution in [3.05, 3.63) is 0 Å². The second kappa shape index (κ2) is 5.05. The predicted molar refractivity (Wildman–Crippen MR) is 68.4 cm³/mol. The van der Waals surface area contributed by atoms with Crippen LogP contribution in [0.5, 0.6) is 0 Å². The molecule has 2 fully saturated rings. The second-order valence-electron chi connectivity index (χ2n) is 6.23. The average Bonchev–Trinajstić information content (AvgIpc) is 3.09. The summed E-state index contributed by atoms with van der Waals surface area (Å²) >= 11 is 0. The number of carbonyl (C=O) groups is 1. The van der Waals surface area contributed by atoms with E-state index in [1.54, 1.807) is 4.90 Å². The van der Waals surface area contributed by atoms with Crippen molar-refractivity contribution in [3.8, 4) is 0 Å². The highest BCUT2D eigenvalue weighted by molar-refractivity contribution is 5.68. The molecular weight excluding hydrogens is 232 g/mol. The SMILES string of the molecule is CC(C)(C)OC(=O)N1CCN(C2CC2)C(CO)C1. The fourth-order valence-electron chi connectivity index (χ4n) is 2.41. The fraction of sp³-hybridized carbons (Fsp3) is 0.923. The third-order valence-corrected chi connectivity index (χ3v) is 3.41. The molecule has 1 aliphatic heterocycles. The van der Waals surface area contributed by atoms with Gasteiger partial charge >= 0.3 is 6.09 Å². The van der Waals surface area contributed by atoms with Gasteiger partial charge < -0.3 is 14.7 Å². The lowest BCUT2D eigenvalue weighted by Gasteiger charge is -2.41. The number of ether oxygens (including phenoxy) is 1. The molecule has 1 atom stereocenters. The molecule has 5 heteroatoms. The Hall–Kier alpha value is -0.810. The molecule has 2 aliphatic rings. The van der Waals surface area contributed by atoms with Crippen LogP contribution < -0.4 is 0 Å². The van der Waals surface area contributed by atoms with Crippen molar-refractivity contribution < 1.29 is 14.6 Å². The molecule has 1 saturated heterocycles. The smallest absolute Gasteiger partial charge is 0.410 e. The maximum atomic E-state index is 12.0. The van der Waals surface area contributed by atoms with Crippen LogP contribution in [-0.2, 0) is 4.74 Å². The Kier molecular flexibility index (Phi) is 3.82. The molecule has 104 valence electrons. The molecule has 0 aromatic heterocycles. The molecule has 5 nitrogen and oxygen atoms in total. The topological polar surface area (TPSA) is 53.0 Å². The van der Waals surface area contributed by atoms with Crippen LogP contribution in [-0.4, -0.2) is 64.9 Å². The summed E-state index contributed by atoms with van der Waals surface area (Å²) in [5.74, 6) is 0. The molecule has 0 bridgehead atoms. The number of rotatable bonds is 2. The zero-order valence-electron chi connectivity index (χ0n) is 11.6. The van der Waals surface area contributed by atoms with Crippen molar-refractivity contribution in [2.75, 3.05) is 26.2 Å². The van der Waals surface area contributed by atoms with Crippen molar-refractivity contribution >= 4 is 6.09 Å². The Morgan fingerprint density at radius 2 is 2.00 bits per heavy atom. The van der Waals surface area contributed by atoms with Gasteiger partial charge in [-0.05, 0) is 33.6 Å². The van der Waals surface area contributed by atoms with Crippen molar-refractivity contribution in [1.29, 1.82) is 0 Å². The van der Waals surface area contributed by atoms with E-state index in [1.165, 1.54) is 12.8 Å². The first-order valence-electron chi connectivity index (χ1n) is 6.75. The number of hydrogen-bond donors (Lipinski definition) is 1. The van der Waals surface area contributed by atoms with Gasteiger partial charge in [-0.3, -0.25) is 4.90 Å². The second-order valence-corrected chi connectivity index (χ2v) is 6.23. The minimum Gasteiger partial charge on any atom is -0.444 e. The predicted octanol–water partition coefficient (Wildman–Crippen LogP) is 1.06. The highest BCUT2D eigenvalue weighted by Crippen LogP contribution is 2.30. The van der Waals surface area contributed by atoms with Gasteiger partial charge in [0.2, 0.25) is 0 Å². The summed E-state index contributed by atoms with van der Waals surface area (Å²) in [6.07, 6.45) is 2.18. The van der Waals surface area contributed by atoms with Crippen molar-refractivity contribution in [2.24, 2.45) is 0 Å². The Bertz CT molecular complexity index is 310. The molecule has 1 unspecified atom stereocenters. The van der Waals surface area contributed by atoms with E-state index in [-0.39, 0.29) is 18.7 Å². The van der Waals surface area contributed by atoms with Gasteiger partial charge in [0, 0.05) is 25.7 Å². The number of piperazine rings is 1. The molecule has 2 rings (SSSR count). The Morgan fingerprint density at radius 3 is 2.50 bits per heavy atom. The van der Waals surface area contributed by atoms with Crippen LogP contribution in [0.2, 0.25) is 0 Å². The van der Waals surface area contributed by atoms with Crippen LogP contribution in [0.3, 0.4) is 0 Å². The quantitative estimate of drug-likeness (QED) is 0.803. The molecule has 0 spiro atoms. The van der Waals surface area contributed by atoms with E-state index in [0.717, 1.165) is 6.54 Å². The van der Waals surface area contributed by atoms with Crippen molar-refractivity contribution in [2.45, 2.75) is 51.3 Å². The summed E-state index contributed by atoms with van der Waals surface area (Å²) < 4.78 is 5.37. The van der Waals surface area contributed by atoms with Gasteiger partial charge in [0.05, 0.1) is 12.6 Å². The Labute approximate surface area is 109 Å². The lowest BCUT2D eigenvalue weighted by atomic mass is 10.1. The van der Waals surface area contributed by atoms with Gasteiger partial charge in [0.25, 0.3) is 0 Å². The van der Waals surface area contributed by atoms with Gasteiger partial charge in [-0.2, -0.15) is 0 Å². The van der Waals surface area contributed by atoms with E-state index in [4.69, 9.17) is 4.74 Å².